The van der Waals surface area contributed by atoms with Gasteiger partial charge >= 0.3 is 6.18 Å². The zero-order valence-electron chi connectivity index (χ0n) is 10.9. The first-order valence-electron chi connectivity index (χ1n) is 6.54. The van der Waals surface area contributed by atoms with Crippen molar-refractivity contribution in [3.63, 3.8) is 0 Å². The number of nitrogens with one attached hydrogen (secondary N) is 1. The fourth-order valence-electron chi connectivity index (χ4n) is 1.99. The molecule has 1 aliphatic carbocycles. The minimum absolute atomic E-state index is 0.109. The Bertz CT molecular complexity index is 466. The molecule has 1 aromatic carbocycles. The average molecular weight is 286 g/mol. The summed E-state index contributed by atoms with van der Waals surface area (Å²) in [7, 11) is 0. The van der Waals surface area contributed by atoms with E-state index >= 15 is 0 Å². The van der Waals surface area contributed by atoms with Crippen LogP contribution in [0.4, 0.5) is 13.2 Å². The van der Waals surface area contributed by atoms with Crippen molar-refractivity contribution in [2.24, 2.45) is 11.7 Å². The molecule has 110 valence electrons. The first-order valence-corrected chi connectivity index (χ1v) is 6.54. The molecule has 0 bridgehead atoms. The maximum Gasteiger partial charge on any atom is 0.416 e. The van der Waals surface area contributed by atoms with Gasteiger partial charge in [0.2, 0.25) is 5.91 Å². The van der Waals surface area contributed by atoms with Crippen LogP contribution in [0, 0.1) is 5.92 Å². The maximum atomic E-state index is 12.4. The van der Waals surface area contributed by atoms with Gasteiger partial charge in [0, 0.05) is 19.0 Å². The van der Waals surface area contributed by atoms with Gasteiger partial charge in [-0.3, -0.25) is 4.79 Å². The first kappa shape index (κ1) is 14.8. The Hall–Kier alpha value is -1.56. The van der Waals surface area contributed by atoms with E-state index in [4.69, 9.17) is 5.73 Å². The van der Waals surface area contributed by atoms with E-state index in [9.17, 15) is 18.0 Å². The molecule has 1 atom stereocenters. The number of nitrogens with two attached hydrogens (primary N) is 1. The smallest absolute Gasteiger partial charge is 0.352 e. The van der Waals surface area contributed by atoms with E-state index in [0.717, 1.165) is 25.0 Å². The summed E-state index contributed by atoms with van der Waals surface area (Å²) in [6.45, 7) is 0.217. The number of carbonyl (C=O) groups is 1. The molecule has 1 unspecified atom stereocenters. The zero-order chi connectivity index (χ0) is 14.8. The molecule has 0 aliphatic heterocycles. The van der Waals surface area contributed by atoms with Crippen molar-refractivity contribution in [1.82, 2.24) is 5.32 Å². The molecular formula is C14H17F3N2O. The topological polar surface area (TPSA) is 55.1 Å². The molecule has 1 saturated carbocycles. The van der Waals surface area contributed by atoms with Gasteiger partial charge in [-0.2, -0.15) is 13.2 Å². The molecule has 0 radical (unpaired) electrons. The predicted octanol–water partition coefficient (Wildman–Crippen LogP) is 2.45. The highest BCUT2D eigenvalue weighted by Gasteiger charge is 2.30. The second kappa shape index (κ2) is 5.83. The lowest BCUT2D eigenvalue weighted by Gasteiger charge is -2.11. The minimum Gasteiger partial charge on any atom is -0.352 e. The van der Waals surface area contributed by atoms with Crippen LogP contribution < -0.4 is 11.1 Å². The molecule has 2 rings (SSSR count). The molecule has 1 amide bonds. The predicted molar refractivity (Wildman–Crippen MR) is 68.6 cm³/mol. The van der Waals surface area contributed by atoms with Crippen LogP contribution in [0.2, 0.25) is 0 Å². The maximum absolute atomic E-state index is 12.4. The Balaban J connectivity index is 1.80. The third-order valence-corrected chi connectivity index (χ3v) is 3.42. The summed E-state index contributed by atoms with van der Waals surface area (Å²) in [5, 5.41) is 2.67. The molecule has 20 heavy (non-hydrogen) atoms. The second-order valence-electron chi connectivity index (χ2n) is 5.18. The van der Waals surface area contributed by atoms with E-state index in [1.165, 1.54) is 12.1 Å². The van der Waals surface area contributed by atoms with Crippen molar-refractivity contribution in [3.05, 3.63) is 35.4 Å². The third-order valence-electron chi connectivity index (χ3n) is 3.42. The number of benzene rings is 1. The van der Waals surface area contributed by atoms with Crippen molar-refractivity contribution in [2.45, 2.75) is 38.0 Å². The van der Waals surface area contributed by atoms with Gasteiger partial charge in [0.25, 0.3) is 0 Å². The number of hydrogen-bond donors (Lipinski definition) is 2. The fourth-order valence-corrected chi connectivity index (χ4v) is 1.99. The lowest BCUT2D eigenvalue weighted by Crippen LogP contribution is -2.32. The summed E-state index contributed by atoms with van der Waals surface area (Å²) in [6, 6.07) is 4.64. The highest BCUT2D eigenvalue weighted by molar-refractivity contribution is 5.76. The molecule has 1 aliphatic rings. The summed E-state index contributed by atoms with van der Waals surface area (Å²) in [5.41, 5.74) is 5.77. The van der Waals surface area contributed by atoms with Gasteiger partial charge in [0.05, 0.1) is 5.56 Å². The standard InChI is InChI=1S/C14H17F3N2O/c15-14(16,17)11-5-1-9(2-6-11)8-19-13(20)7-12(18)10-3-4-10/h1-2,5-6,10,12H,3-4,7-8,18H2,(H,19,20). The first-order chi connectivity index (χ1) is 9.36. The number of rotatable bonds is 5. The van der Waals surface area contributed by atoms with Crippen molar-refractivity contribution in [3.8, 4) is 0 Å². The molecular weight excluding hydrogens is 269 g/mol. The number of carbonyl (C=O) groups excluding carboxylic acids is 1. The average Bonchev–Trinajstić information content (AvgIpc) is 3.20. The molecule has 0 spiro atoms. The highest BCUT2D eigenvalue weighted by Crippen LogP contribution is 2.32. The van der Waals surface area contributed by atoms with Gasteiger partial charge in [0.1, 0.15) is 0 Å². The van der Waals surface area contributed by atoms with E-state index in [1.54, 1.807) is 0 Å². The van der Waals surface area contributed by atoms with Gasteiger partial charge in [0.15, 0.2) is 0 Å². The summed E-state index contributed by atoms with van der Waals surface area (Å²) in [5.74, 6) is 0.288. The van der Waals surface area contributed by atoms with Crippen molar-refractivity contribution < 1.29 is 18.0 Å². The van der Waals surface area contributed by atoms with E-state index in [-0.39, 0.29) is 24.9 Å². The molecule has 1 fully saturated rings. The van der Waals surface area contributed by atoms with Crippen LogP contribution in [0.15, 0.2) is 24.3 Å². The Morgan fingerprint density at radius 2 is 1.90 bits per heavy atom. The Morgan fingerprint density at radius 1 is 1.30 bits per heavy atom. The number of halogens is 3. The van der Waals surface area contributed by atoms with Crippen LogP contribution in [0.25, 0.3) is 0 Å². The number of hydrogen-bond acceptors (Lipinski definition) is 2. The molecule has 0 aromatic heterocycles. The number of alkyl halides is 3. The van der Waals surface area contributed by atoms with Crippen LogP contribution in [0.1, 0.15) is 30.4 Å². The Kier molecular flexibility index (Phi) is 4.32. The quantitative estimate of drug-likeness (QED) is 0.873. The summed E-state index contributed by atoms with van der Waals surface area (Å²) >= 11 is 0. The minimum atomic E-state index is -4.33. The largest absolute Gasteiger partial charge is 0.416 e. The summed E-state index contributed by atoms with van der Waals surface area (Å²) in [6.07, 6.45) is -1.91. The number of amides is 1. The van der Waals surface area contributed by atoms with Gasteiger partial charge in [-0.1, -0.05) is 12.1 Å². The van der Waals surface area contributed by atoms with Crippen LogP contribution in [-0.2, 0) is 17.5 Å². The Labute approximate surface area is 115 Å². The zero-order valence-corrected chi connectivity index (χ0v) is 10.9. The van der Waals surface area contributed by atoms with E-state index < -0.39 is 11.7 Å². The van der Waals surface area contributed by atoms with E-state index in [1.807, 2.05) is 0 Å². The summed E-state index contributed by atoms with van der Waals surface area (Å²) in [4.78, 5) is 11.6. The third kappa shape index (κ3) is 4.23. The monoisotopic (exact) mass is 286 g/mol. The molecule has 1 aromatic rings. The lowest BCUT2D eigenvalue weighted by molar-refractivity contribution is -0.137. The lowest BCUT2D eigenvalue weighted by atomic mass is 10.1. The second-order valence-corrected chi connectivity index (χ2v) is 5.18. The van der Waals surface area contributed by atoms with Gasteiger partial charge in [-0.15, -0.1) is 0 Å². The van der Waals surface area contributed by atoms with Crippen LogP contribution >= 0.6 is 0 Å². The molecule has 6 heteroatoms. The fraction of sp³-hybridized carbons (Fsp3) is 0.500. The van der Waals surface area contributed by atoms with Crippen molar-refractivity contribution >= 4 is 5.91 Å². The highest BCUT2D eigenvalue weighted by atomic mass is 19.4. The molecule has 0 saturated heterocycles. The molecule has 0 heterocycles. The van der Waals surface area contributed by atoms with Crippen molar-refractivity contribution in [2.75, 3.05) is 0 Å². The van der Waals surface area contributed by atoms with Gasteiger partial charge in [-0.25, -0.2) is 0 Å². The molecule has 3 nitrogen and oxygen atoms in total. The Morgan fingerprint density at radius 3 is 2.40 bits per heavy atom. The van der Waals surface area contributed by atoms with Crippen LogP contribution in [0.5, 0.6) is 0 Å². The van der Waals surface area contributed by atoms with Crippen LogP contribution in [0.3, 0.4) is 0 Å². The van der Waals surface area contributed by atoms with E-state index in [2.05, 4.69) is 5.32 Å². The SMILES string of the molecule is NC(CC(=O)NCc1ccc(C(F)(F)F)cc1)C1CC1. The van der Waals surface area contributed by atoms with Gasteiger partial charge in [-0.05, 0) is 36.5 Å². The van der Waals surface area contributed by atoms with Crippen molar-refractivity contribution in [1.29, 1.82) is 0 Å². The normalized spacial score (nSPS) is 16.8. The van der Waals surface area contributed by atoms with Crippen LogP contribution in [-0.4, -0.2) is 11.9 Å². The molecule has 3 N–H and O–H groups in total. The summed E-state index contributed by atoms with van der Waals surface area (Å²) < 4.78 is 37.1. The van der Waals surface area contributed by atoms with Gasteiger partial charge < -0.3 is 11.1 Å². The van der Waals surface area contributed by atoms with E-state index in [0.29, 0.717) is 11.5 Å².